The van der Waals surface area contributed by atoms with Gasteiger partial charge < -0.3 is 14.1 Å². The van der Waals surface area contributed by atoms with Gasteiger partial charge >= 0.3 is 5.97 Å². The molecule has 0 N–H and O–H groups in total. The van der Waals surface area contributed by atoms with Crippen LogP contribution in [0.5, 0.6) is 0 Å². The number of amides is 1. The Balaban J connectivity index is 1.75. The van der Waals surface area contributed by atoms with Crippen LogP contribution < -0.4 is 0 Å². The maximum Gasteiger partial charge on any atom is 0.306 e. The van der Waals surface area contributed by atoms with E-state index in [2.05, 4.69) is 14.0 Å². The zero-order chi connectivity index (χ0) is 23.1. The average molecular weight is 452 g/mol. The highest BCUT2D eigenvalue weighted by atomic mass is 16.5. The standard InChI is InChI=1S/C27H51N2O3/c1-3-4-5-6-7-8-9-11-14-19-27(31)32-25(23-28-20-17-18-26(28)30)24-29(2)21-15-12-10-13-16-22-29/h25H,3-24H2,1-2H3/q+1. The Morgan fingerprint density at radius 2 is 1.50 bits per heavy atom. The van der Waals surface area contributed by atoms with Crippen molar-refractivity contribution in [2.24, 2.45) is 0 Å². The lowest BCUT2D eigenvalue weighted by Gasteiger charge is -2.39. The van der Waals surface area contributed by atoms with Gasteiger partial charge in [0.1, 0.15) is 6.54 Å². The van der Waals surface area contributed by atoms with Crippen molar-refractivity contribution in [3.05, 3.63) is 0 Å². The van der Waals surface area contributed by atoms with Crippen LogP contribution in [0.25, 0.3) is 0 Å². The smallest absolute Gasteiger partial charge is 0.306 e. The summed E-state index contributed by atoms with van der Waals surface area (Å²) in [7, 11) is 2.32. The molecule has 0 aromatic carbocycles. The number of esters is 1. The molecule has 2 fully saturated rings. The molecule has 2 saturated heterocycles. The van der Waals surface area contributed by atoms with E-state index in [1.165, 1.54) is 77.0 Å². The van der Waals surface area contributed by atoms with Gasteiger partial charge in [0.15, 0.2) is 6.10 Å². The second-order valence-electron chi connectivity index (χ2n) is 10.7. The molecule has 5 heteroatoms. The molecular weight excluding hydrogens is 400 g/mol. The van der Waals surface area contributed by atoms with Gasteiger partial charge in [0, 0.05) is 19.4 Å². The predicted octanol–water partition coefficient (Wildman–Crippen LogP) is 5.85. The molecular formula is C27H51N2O3+. The van der Waals surface area contributed by atoms with Crippen LogP contribution in [0, 0.1) is 0 Å². The van der Waals surface area contributed by atoms with E-state index in [0.717, 1.165) is 49.9 Å². The molecule has 2 aliphatic heterocycles. The summed E-state index contributed by atoms with van der Waals surface area (Å²) in [6, 6.07) is 0. The highest BCUT2D eigenvalue weighted by Gasteiger charge is 2.32. The summed E-state index contributed by atoms with van der Waals surface area (Å²) < 4.78 is 6.99. The average Bonchev–Trinajstić information content (AvgIpc) is 3.14. The Labute approximate surface area is 197 Å². The van der Waals surface area contributed by atoms with Crippen molar-refractivity contribution in [3.8, 4) is 0 Å². The van der Waals surface area contributed by atoms with Crippen molar-refractivity contribution in [1.82, 2.24) is 4.90 Å². The van der Waals surface area contributed by atoms with Gasteiger partial charge in [0.2, 0.25) is 5.91 Å². The molecule has 1 atom stereocenters. The van der Waals surface area contributed by atoms with Gasteiger partial charge in [-0.05, 0) is 38.5 Å². The lowest BCUT2D eigenvalue weighted by molar-refractivity contribution is -0.913. The van der Waals surface area contributed by atoms with Gasteiger partial charge in [0.25, 0.3) is 0 Å². The van der Waals surface area contributed by atoms with Gasteiger partial charge in [0.05, 0.1) is 26.7 Å². The minimum atomic E-state index is -0.174. The fraction of sp³-hybridized carbons (Fsp3) is 0.926. The highest BCUT2D eigenvalue weighted by molar-refractivity contribution is 5.78. The van der Waals surface area contributed by atoms with E-state index < -0.39 is 0 Å². The third kappa shape index (κ3) is 11.2. The van der Waals surface area contributed by atoms with Crippen LogP contribution in [0.3, 0.4) is 0 Å². The normalized spacial score (nSPS) is 20.1. The number of likely N-dealkylation sites (tertiary alicyclic amines) is 2. The SMILES string of the molecule is CCCCCCCCCCCC(=O)OC(CN1CCCC1=O)C[N+]1(C)CCCCCCC1. The summed E-state index contributed by atoms with van der Waals surface area (Å²) in [5.74, 6) is 0.156. The lowest BCUT2D eigenvalue weighted by atomic mass is 10.1. The molecule has 0 saturated carbocycles. The first-order valence-corrected chi connectivity index (χ1v) is 13.8. The molecule has 0 aromatic heterocycles. The van der Waals surface area contributed by atoms with E-state index in [1.807, 2.05) is 4.90 Å². The second-order valence-corrected chi connectivity index (χ2v) is 10.7. The number of unbranched alkanes of at least 4 members (excludes halogenated alkanes) is 8. The summed E-state index contributed by atoms with van der Waals surface area (Å²) in [5, 5.41) is 0. The van der Waals surface area contributed by atoms with Crippen LogP contribution >= 0.6 is 0 Å². The molecule has 5 nitrogen and oxygen atoms in total. The van der Waals surface area contributed by atoms with Gasteiger partial charge in [-0.15, -0.1) is 0 Å². The third-order valence-corrected chi connectivity index (χ3v) is 7.42. The van der Waals surface area contributed by atoms with Crippen molar-refractivity contribution in [3.63, 3.8) is 0 Å². The quantitative estimate of drug-likeness (QED) is 0.178. The maximum atomic E-state index is 12.7. The molecule has 2 heterocycles. The number of nitrogens with zero attached hydrogens (tertiary/aromatic N) is 2. The Hall–Kier alpha value is -1.10. The summed E-state index contributed by atoms with van der Waals surface area (Å²) >= 11 is 0. The van der Waals surface area contributed by atoms with E-state index in [4.69, 9.17) is 4.74 Å². The number of quaternary nitrogens is 1. The van der Waals surface area contributed by atoms with E-state index in [9.17, 15) is 9.59 Å². The minimum Gasteiger partial charge on any atom is -0.454 e. The molecule has 0 radical (unpaired) electrons. The van der Waals surface area contributed by atoms with Crippen molar-refractivity contribution in [2.45, 2.75) is 122 Å². The first kappa shape index (κ1) is 27.1. The maximum absolute atomic E-state index is 12.7. The van der Waals surface area contributed by atoms with Crippen LogP contribution in [0.4, 0.5) is 0 Å². The van der Waals surface area contributed by atoms with Gasteiger partial charge in [-0.2, -0.15) is 0 Å². The molecule has 2 rings (SSSR count). The lowest BCUT2D eigenvalue weighted by Crippen LogP contribution is -2.53. The van der Waals surface area contributed by atoms with Crippen molar-refractivity contribution < 1.29 is 18.8 Å². The van der Waals surface area contributed by atoms with Gasteiger partial charge in [-0.1, -0.05) is 64.7 Å². The summed E-state index contributed by atoms with van der Waals surface area (Å²) in [6.45, 7) is 6.79. The molecule has 0 spiro atoms. The number of rotatable bonds is 15. The zero-order valence-electron chi connectivity index (χ0n) is 21.3. The van der Waals surface area contributed by atoms with E-state index >= 15 is 0 Å². The van der Waals surface area contributed by atoms with Crippen LogP contribution in [-0.2, 0) is 14.3 Å². The first-order chi connectivity index (χ1) is 15.5. The van der Waals surface area contributed by atoms with Crippen LogP contribution in [0.2, 0.25) is 0 Å². The number of likely N-dealkylation sites (N-methyl/N-ethyl adjacent to an activating group) is 1. The highest BCUT2D eigenvalue weighted by Crippen LogP contribution is 2.20. The molecule has 2 aliphatic rings. The Bertz CT molecular complexity index is 529. The molecule has 1 unspecified atom stereocenters. The Morgan fingerprint density at radius 1 is 0.906 bits per heavy atom. The monoisotopic (exact) mass is 451 g/mol. The summed E-state index contributed by atoms with van der Waals surface area (Å²) in [6.07, 6.45) is 19.6. The largest absolute Gasteiger partial charge is 0.454 e. The number of hydrogen-bond acceptors (Lipinski definition) is 3. The third-order valence-electron chi connectivity index (χ3n) is 7.42. The molecule has 32 heavy (non-hydrogen) atoms. The first-order valence-electron chi connectivity index (χ1n) is 13.8. The fourth-order valence-electron chi connectivity index (χ4n) is 5.40. The zero-order valence-corrected chi connectivity index (χ0v) is 21.3. The molecule has 0 bridgehead atoms. The van der Waals surface area contributed by atoms with E-state index in [-0.39, 0.29) is 18.0 Å². The Kier molecular flexibility index (Phi) is 13.3. The second kappa shape index (κ2) is 15.7. The van der Waals surface area contributed by atoms with Crippen LogP contribution in [0.15, 0.2) is 0 Å². The van der Waals surface area contributed by atoms with Gasteiger partial charge in [-0.25, -0.2) is 0 Å². The van der Waals surface area contributed by atoms with Crippen molar-refractivity contribution >= 4 is 11.9 Å². The number of ether oxygens (including phenoxy) is 1. The number of carbonyl (C=O) groups is 2. The topological polar surface area (TPSA) is 46.6 Å². The molecule has 1 amide bonds. The van der Waals surface area contributed by atoms with Crippen molar-refractivity contribution in [2.75, 3.05) is 39.8 Å². The van der Waals surface area contributed by atoms with Gasteiger partial charge in [-0.3, -0.25) is 9.59 Å². The summed E-state index contributed by atoms with van der Waals surface area (Å²) in [5.41, 5.74) is 0. The van der Waals surface area contributed by atoms with Crippen LogP contribution in [-0.4, -0.2) is 67.1 Å². The van der Waals surface area contributed by atoms with E-state index in [1.54, 1.807) is 0 Å². The fourth-order valence-corrected chi connectivity index (χ4v) is 5.40. The van der Waals surface area contributed by atoms with E-state index in [0.29, 0.717) is 19.4 Å². The Morgan fingerprint density at radius 3 is 2.09 bits per heavy atom. The van der Waals surface area contributed by atoms with Crippen LogP contribution in [0.1, 0.15) is 116 Å². The molecule has 0 aromatic rings. The number of carbonyl (C=O) groups excluding carboxylic acids is 2. The molecule has 186 valence electrons. The minimum absolute atomic E-state index is 0.0664. The summed E-state index contributed by atoms with van der Waals surface area (Å²) in [4.78, 5) is 26.8. The number of hydrogen-bond donors (Lipinski definition) is 0. The van der Waals surface area contributed by atoms with Crippen molar-refractivity contribution in [1.29, 1.82) is 0 Å². The molecule has 0 aliphatic carbocycles. The predicted molar refractivity (Wildman–Crippen MR) is 131 cm³/mol.